The second-order valence-electron chi connectivity index (χ2n) is 8.44. The van der Waals surface area contributed by atoms with Crippen molar-refractivity contribution in [1.29, 1.82) is 0 Å². The minimum Gasteiger partial charge on any atom is -0.508 e. The number of hydrogen-bond donors (Lipinski definition) is 1. The molecule has 0 saturated carbocycles. The van der Waals surface area contributed by atoms with Gasteiger partial charge in [-0.1, -0.05) is 6.07 Å². The average molecular weight is 386 g/mol. The van der Waals surface area contributed by atoms with Crippen LogP contribution in [0.2, 0.25) is 0 Å². The minimum atomic E-state index is -0.00455. The molecule has 0 aromatic heterocycles. The van der Waals surface area contributed by atoms with Crippen LogP contribution in [0.1, 0.15) is 48.9 Å². The van der Waals surface area contributed by atoms with E-state index >= 15 is 0 Å². The quantitative estimate of drug-likeness (QED) is 0.867. The zero-order chi connectivity index (χ0) is 19.5. The number of hydrogen-bond acceptors (Lipinski definition) is 4. The Bertz CT molecular complexity index is 709. The van der Waals surface area contributed by atoms with Gasteiger partial charge in [-0.3, -0.25) is 14.5 Å². The standard InChI is InChI=1S/C22H31N3O3/c26-20-7-3-5-17(15-20)21(27)24-13-8-19(9-14-24)25-12-4-6-18(16-25)22(28)23-10-1-2-11-23/h3,5,7,15,18-19,26H,1-2,4,6,8-14,16H2/t18-/m1/s1. The van der Waals surface area contributed by atoms with Crippen LogP contribution in [0.25, 0.3) is 0 Å². The Morgan fingerprint density at radius 3 is 2.36 bits per heavy atom. The predicted octanol–water partition coefficient (Wildman–Crippen LogP) is 2.33. The largest absolute Gasteiger partial charge is 0.508 e. The molecular weight excluding hydrogens is 354 g/mol. The molecule has 1 N–H and O–H groups in total. The molecule has 2 amide bonds. The van der Waals surface area contributed by atoms with Crippen molar-refractivity contribution in [2.75, 3.05) is 39.3 Å². The van der Waals surface area contributed by atoms with Gasteiger partial charge in [0.05, 0.1) is 5.92 Å². The van der Waals surface area contributed by atoms with Gasteiger partial charge in [-0.15, -0.1) is 0 Å². The molecule has 0 unspecified atom stereocenters. The number of amides is 2. The smallest absolute Gasteiger partial charge is 0.253 e. The van der Waals surface area contributed by atoms with Crippen molar-refractivity contribution in [2.24, 2.45) is 5.92 Å². The maximum absolute atomic E-state index is 12.8. The maximum atomic E-state index is 12.8. The van der Waals surface area contributed by atoms with Gasteiger partial charge in [0, 0.05) is 44.3 Å². The molecule has 28 heavy (non-hydrogen) atoms. The van der Waals surface area contributed by atoms with Gasteiger partial charge in [-0.2, -0.15) is 0 Å². The van der Waals surface area contributed by atoms with E-state index in [-0.39, 0.29) is 17.6 Å². The van der Waals surface area contributed by atoms with E-state index in [1.165, 1.54) is 6.07 Å². The number of carbonyl (C=O) groups is 2. The van der Waals surface area contributed by atoms with Gasteiger partial charge in [-0.25, -0.2) is 0 Å². The number of carbonyl (C=O) groups excluding carboxylic acids is 2. The molecule has 6 heteroatoms. The first kappa shape index (κ1) is 19.2. The summed E-state index contributed by atoms with van der Waals surface area (Å²) in [6.45, 7) is 5.28. The van der Waals surface area contributed by atoms with Crippen molar-refractivity contribution in [3.05, 3.63) is 29.8 Å². The minimum absolute atomic E-state index is 0.00455. The maximum Gasteiger partial charge on any atom is 0.253 e. The number of rotatable bonds is 3. The molecule has 3 fully saturated rings. The van der Waals surface area contributed by atoms with Crippen molar-refractivity contribution in [1.82, 2.24) is 14.7 Å². The molecule has 0 spiro atoms. The molecule has 1 atom stereocenters. The number of aromatic hydroxyl groups is 1. The lowest BCUT2D eigenvalue weighted by molar-refractivity contribution is -0.136. The van der Waals surface area contributed by atoms with Crippen LogP contribution in [0.4, 0.5) is 0 Å². The lowest BCUT2D eigenvalue weighted by Gasteiger charge is -2.42. The summed E-state index contributed by atoms with van der Waals surface area (Å²) in [6, 6.07) is 7.04. The first-order valence-electron chi connectivity index (χ1n) is 10.7. The van der Waals surface area contributed by atoms with E-state index in [1.807, 2.05) is 4.90 Å². The highest BCUT2D eigenvalue weighted by Gasteiger charge is 2.34. The third kappa shape index (κ3) is 4.17. The van der Waals surface area contributed by atoms with Crippen molar-refractivity contribution >= 4 is 11.8 Å². The normalized spacial score (nSPS) is 24.5. The number of benzene rings is 1. The summed E-state index contributed by atoms with van der Waals surface area (Å²) >= 11 is 0. The Hall–Kier alpha value is -2.08. The van der Waals surface area contributed by atoms with Gasteiger partial charge in [-0.05, 0) is 63.3 Å². The molecule has 6 nitrogen and oxygen atoms in total. The van der Waals surface area contributed by atoms with Gasteiger partial charge in [0.25, 0.3) is 5.91 Å². The zero-order valence-electron chi connectivity index (χ0n) is 16.6. The van der Waals surface area contributed by atoms with E-state index in [0.717, 1.165) is 77.8 Å². The van der Waals surface area contributed by atoms with Crippen molar-refractivity contribution in [2.45, 2.75) is 44.6 Å². The van der Waals surface area contributed by atoms with E-state index in [1.54, 1.807) is 18.2 Å². The van der Waals surface area contributed by atoms with Gasteiger partial charge in [0.2, 0.25) is 5.91 Å². The highest BCUT2D eigenvalue weighted by Crippen LogP contribution is 2.27. The average Bonchev–Trinajstić information content (AvgIpc) is 3.28. The molecule has 1 aromatic carbocycles. The van der Waals surface area contributed by atoms with E-state index in [0.29, 0.717) is 17.5 Å². The third-order valence-corrected chi connectivity index (χ3v) is 6.58. The topological polar surface area (TPSA) is 64.1 Å². The van der Waals surface area contributed by atoms with Gasteiger partial charge in [0.1, 0.15) is 5.75 Å². The SMILES string of the molecule is O=C(c1cccc(O)c1)N1CCC(N2CCC[C@@H](C(=O)N3CCCC3)C2)CC1. The van der Waals surface area contributed by atoms with E-state index in [4.69, 9.17) is 0 Å². The monoisotopic (exact) mass is 385 g/mol. The number of piperidine rings is 2. The molecule has 3 heterocycles. The van der Waals surface area contributed by atoms with Crippen LogP contribution in [0.5, 0.6) is 5.75 Å². The molecular formula is C22H31N3O3. The second kappa shape index (κ2) is 8.52. The first-order chi connectivity index (χ1) is 13.6. The van der Waals surface area contributed by atoms with Crippen LogP contribution in [-0.2, 0) is 4.79 Å². The summed E-state index contributed by atoms with van der Waals surface area (Å²) < 4.78 is 0. The first-order valence-corrected chi connectivity index (χ1v) is 10.7. The summed E-state index contributed by atoms with van der Waals surface area (Å²) in [7, 11) is 0. The Kier molecular flexibility index (Phi) is 5.85. The highest BCUT2D eigenvalue weighted by atomic mass is 16.3. The van der Waals surface area contributed by atoms with Crippen LogP contribution in [0.15, 0.2) is 24.3 Å². The summed E-state index contributed by atoms with van der Waals surface area (Å²) in [5.41, 5.74) is 0.549. The van der Waals surface area contributed by atoms with Crippen LogP contribution < -0.4 is 0 Å². The number of phenols is 1. The molecule has 3 saturated heterocycles. The summed E-state index contributed by atoms with van der Waals surface area (Å²) in [5.74, 6) is 0.635. The van der Waals surface area contributed by atoms with Crippen LogP contribution in [0.3, 0.4) is 0 Å². The molecule has 3 aliphatic rings. The Labute approximate surface area is 167 Å². The highest BCUT2D eigenvalue weighted by molar-refractivity contribution is 5.94. The number of likely N-dealkylation sites (tertiary alicyclic amines) is 3. The molecule has 4 rings (SSSR count). The molecule has 1 aromatic rings. The lowest BCUT2D eigenvalue weighted by atomic mass is 9.92. The van der Waals surface area contributed by atoms with Gasteiger partial charge < -0.3 is 14.9 Å². The fraction of sp³-hybridized carbons (Fsp3) is 0.636. The van der Waals surface area contributed by atoms with Gasteiger partial charge in [0.15, 0.2) is 0 Å². The van der Waals surface area contributed by atoms with Crippen LogP contribution >= 0.6 is 0 Å². The van der Waals surface area contributed by atoms with Gasteiger partial charge >= 0.3 is 0 Å². The molecule has 3 aliphatic heterocycles. The van der Waals surface area contributed by atoms with Crippen molar-refractivity contribution in [3.8, 4) is 5.75 Å². The van der Waals surface area contributed by atoms with E-state index in [9.17, 15) is 14.7 Å². The third-order valence-electron chi connectivity index (χ3n) is 6.58. The zero-order valence-corrected chi connectivity index (χ0v) is 16.6. The summed E-state index contributed by atoms with van der Waals surface area (Å²) in [4.78, 5) is 31.9. The Balaban J connectivity index is 1.30. The van der Waals surface area contributed by atoms with Crippen LogP contribution in [0, 0.1) is 5.92 Å². The second-order valence-corrected chi connectivity index (χ2v) is 8.44. The fourth-order valence-electron chi connectivity index (χ4n) is 4.99. The van der Waals surface area contributed by atoms with Crippen LogP contribution in [-0.4, -0.2) is 76.9 Å². The molecule has 152 valence electrons. The van der Waals surface area contributed by atoms with E-state index < -0.39 is 0 Å². The Morgan fingerprint density at radius 2 is 1.64 bits per heavy atom. The van der Waals surface area contributed by atoms with Crippen molar-refractivity contribution in [3.63, 3.8) is 0 Å². The fourth-order valence-corrected chi connectivity index (χ4v) is 4.99. The summed E-state index contributed by atoms with van der Waals surface area (Å²) in [5, 5.41) is 9.61. The Morgan fingerprint density at radius 1 is 0.893 bits per heavy atom. The number of phenolic OH excluding ortho intramolecular Hbond substituents is 1. The molecule has 0 bridgehead atoms. The number of nitrogens with zero attached hydrogens (tertiary/aromatic N) is 3. The molecule has 0 aliphatic carbocycles. The predicted molar refractivity (Wildman–Crippen MR) is 107 cm³/mol. The lowest BCUT2D eigenvalue weighted by Crippen LogP contribution is -2.51. The van der Waals surface area contributed by atoms with E-state index in [2.05, 4.69) is 9.80 Å². The molecule has 0 radical (unpaired) electrons. The summed E-state index contributed by atoms with van der Waals surface area (Å²) in [6.07, 6.45) is 6.30. The van der Waals surface area contributed by atoms with Crippen molar-refractivity contribution < 1.29 is 14.7 Å².